The van der Waals surface area contributed by atoms with E-state index < -0.39 is 11.8 Å². The molecule has 1 saturated heterocycles. The van der Waals surface area contributed by atoms with Crippen LogP contribution in [0.5, 0.6) is 0 Å². The van der Waals surface area contributed by atoms with Crippen LogP contribution in [-0.4, -0.2) is 34.9 Å². The highest BCUT2D eigenvalue weighted by Gasteiger charge is 2.21. The molecule has 1 aliphatic rings. The van der Waals surface area contributed by atoms with Crippen molar-refractivity contribution in [2.24, 2.45) is 0 Å². The number of carbonyl (C=O) groups excluding carboxylic acids is 2. The zero-order valence-electron chi connectivity index (χ0n) is 18.0. The van der Waals surface area contributed by atoms with Crippen LogP contribution in [-0.2, 0) is 0 Å². The quantitative estimate of drug-likeness (QED) is 0.465. The van der Waals surface area contributed by atoms with Crippen molar-refractivity contribution in [2.75, 3.05) is 18.0 Å². The minimum absolute atomic E-state index is 0.384. The highest BCUT2D eigenvalue weighted by atomic mass is 16.3. The van der Waals surface area contributed by atoms with Gasteiger partial charge in [0.15, 0.2) is 5.76 Å². The maximum atomic E-state index is 13.1. The molecule has 0 spiro atoms. The first kappa shape index (κ1) is 20.7. The summed E-state index contributed by atoms with van der Waals surface area (Å²) in [4.78, 5) is 37.2. The molecule has 8 nitrogen and oxygen atoms in total. The van der Waals surface area contributed by atoms with Crippen molar-refractivity contribution < 1.29 is 14.0 Å². The Morgan fingerprint density at radius 1 is 0.879 bits per heavy atom. The summed E-state index contributed by atoms with van der Waals surface area (Å²) in [6.07, 6.45) is 6.56. The van der Waals surface area contributed by atoms with Crippen molar-refractivity contribution in [1.29, 1.82) is 0 Å². The lowest BCUT2D eigenvalue weighted by molar-refractivity contribution is 0.0847. The predicted octanol–water partition coefficient (Wildman–Crippen LogP) is 3.95. The number of fused-ring (bicyclic) bond motifs is 1. The van der Waals surface area contributed by atoms with Gasteiger partial charge in [0.25, 0.3) is 11.8 Å². The molecule has 0 saturated carbocycles. The lowest BCUT2D eigenvalue weighted by Crippen LogP contribution is -2.42. The number of pyridine rings is 2. The maximum absolute atomic E-state index is 13.1. The summed E-state index contributed by atoms with van der Waals surface area (Å²) in [6, 6.07) is 16.0. The number of para-hydroxylation sites is 1. The molecule has 0 atom stereocenters. The summed E-state index contributed by atoms with van der Waals surface area (Å²) in [6.45, 7) is 1.73. The molecule has 0 radical (unpaired) electrons. The fourth-order valence-corrected chi connectivity index (χ4v) is 4.09. The molecule has 0 unspecified atom stereocenters. The number of nitrogens with zero attached hydrogens (tertiary/aromatic N) is 3. The van der Waals surface area contributed by atoms with E-state index in [2.05, 4.69) is 25.7 Å². The van der Waals surface area contributed by atoms with Gasteiger partial charge in [0, 0.05) is 24.7 Å². The molecule has 8 heteroatoms. The first-order chi connectivity index (χ1) is 16.2. The summed E-state index contributed by atoms with van der Waals surface area (Å²) in [7, 11) is 0. The Labute approximate surface area is 190 Å². The molecular weight excluding hydrogens is 418 g/mol. The highest BCUT2D eigenvalue weighted by Crippen LogP contribution is 2.25. The lowest BCUT2D eigenvalue weighted by Gasteiger charge is -2.29. The fraction of sp³-hybridized carbons (Fsp3) is 0.200. The van der Waals surface area contributed by atoms with Crippen molar-refractivity contribution >= 4 is 28.5 Å². The number of hydrogen-bond acceptors (Lipinski definition) is 6. The number of hydrazine groups is 1. The second kappa shape index (κ2) is 9.12. The van der Waals surface area contributed by atoms with Crippen molar-refractivity contribution in [3.8, 4) is 11.5 Å². The van der Waals surface area contributed by atoms with E-state index in [1.165, 1.54) is 6.42 Å². The number of nitrogens with one attached hydrogen (secondary N) is 2. The smallest absolute Gasteiger partial charge is 0.273 e. The number of anilines is 1. The van der Waals surface area contributed by atoms with Crippen LogP contribution >= 0.6 is 0 Å². The number of hydrogen-bond donors (Lipinski definition) is 2. The monoisotopic (exact) mass is 441 g/mol. The maximum Gasteiger partial charge on any atom is 0.273 e. The van der Waals surface area contributed by atoms with Crippen LogP contribution in [0.1, 0.15) is 40.0 Å². The van der Waals surface area contributed by atoms with Gasteiger partial charge >= 0.3 is 0 Å². The third-order valence-electron chi connectivity index (χ3n) is 5.71. The fourth-order valence-electron chi connectivity index (χ4n) is 4.09. The third kappa shape index (κ3) is 4.27. The van der Waals surface area contributed by atoms with E-state index in [0.29, 0.717) is 39.3 Å². The first-order valence-corrected chi connectivity index (χ1v) is 10.9. The van der Waals surface area contributed by atoms with Gasteiger partial charge in [-0.25, -0.2) is 9.97 Å². The number of benzene rings is 1. The van der Waals surface area contributed by atoms with Gasteiger partial charge in [-0.2, -0.15) is 0 Å². The standard InChI is InChI=1S/C25H23N5O3/c31-24(18-9-6-12-26-23(18)30-13-4-1-5-14-30)28-29-25(32)19-16-21(22-11-7-15-33-22)27-20-10-3-2-8-17(19)20/h2-3,6-12,15-16H,1,4-5,13-14H2,(H,28,31)(H,29,32). The molecule has 3 aromatic heterocycles. The number of carbonyl (C=O) groups is 2. The van der Waals surface area contributed by atoms with Gasteiger partial charge < -0.3 is 9.32 Å². The SMILES string of the molecule is O=C(NNC(=O)c1cc(-c2ccco2)nc2ccccc12)c1cccnc1N1CCCCC1. The molecule has 166 valence electrons. The average Bonchev–Trinajstić information content (AvgIpc) is 3.42. The summed E-state index contributed by atoms with van der Waals surface area (Å²) in [5, 5.41) is 0.676. The van der Waals surface area contributed by atoms with E-state index in [9.17, 15) is 9.59 Å². The third-order valence-corrected chi connectivity index (χ3v) is 5.71. The van der Waals surface area contributed by atoms with Crippen LogP contribution in [0.4, 0.5) is 5.82 Å². The van der Waals surface area contributed by atoms with Crippen molar-refractivity contribution in [3.63, 3.8) is 0 Å². The Hall–Kier alpha value is -4.20. The van der Waals surface area contributed by atoms with E-state index in [0.717, 1.165) is 25.9 Å². The Morgan fingerprint density at radius 2 is 1.67 bits per heavy atom. The van der Waals surface area contributed by atoms with Crippen LogP contribution < -0.4 is 15.8 Å². The van der Waals surface area contributed by atoms with Crippen LogP contribution in [0.2, 0.25) is 0 Å². The normalized spacial score (nSPS) is 13.6. The minimum atomic E-state index is -0.446. The second-order valence-corrected chi connectivity index (χ2v) is 7.88. The minimum Gasteiger partial charge on any atom is -0.463 e. The Balaban J connectivity index is 1.38. The van der Waals surface area contributed by atoms with E-state index in [-0.39, 0.29) is 0 Å². The molecule has 1 aromatic carbocycles. The largest absolute Gasteiger partial charge is 0.463 e. The van der Waals surface area contributed by atoms with Crippen molar-refractivity contribution in [1.82, 2.24) is 20.8 Å². The summed E-state index contributed by atoms with van der Waals surface area (Å²) < 4.78 is 5.45. The Morgan fingerprint density at radius 3 is 2.45 bits per heavy atom. The van der Waals surface area contributed by atoms with Gasteiger partial charge in [0.1, 0.15) is 11.5 Å². The summed E-state index contributed by atoms with van der Waals surface area (Å²) >= 11 is 0. The van der Waals surface area contributed by atoms with Crippen molar-refractivity contribution in [3.05, 3.63) is 78.2 Å². The second-order valence-electron chi connectivity index (χ2n) is 7.88. The van der Waals surface area contributed by atoms with Gasteiger partial charge in [-0.1, -0.05) is 18.2 Å². The molecule has 5 rings (SSSR count). The van der Waals surface area contributed by atoms with E-state index in [4.69, 9.17) is 4.42 Å². The molecular formula is C25H23N5O3. The van der Waals surface area contributed by atoms with Gasteiger partial charge in [-0.15, -0.1) is 0 Å². The van der Waals surface area contributed by atoms with Crippen LogP contribution in [0.3, 0.4) is 0 Å². The summed E-state index contributed by atoms with van der Waals surface area (Å²) in [5.41, 5.74) is 7.10. The Kier molecular flexibility index (Phi) is 5.72. The van der Waals surface area contributed by atoms with Crippen LogP contribution in [0.15, 0.2) is 71.5 Å². The van der Waals surface area contributed by atoms with Crippen LogP contribution in [0, 0.1) is 0 Å². The molecule has 0 bridgehead atoms. The molecule has 4 heterocycles. The first-order valence-electron chi connectivity index (χ1n) is 10.9. The number of aromatic nitrogens is 2. The number of rotatable bonds is 4. The lowest BCUT2D eigenvalue weighted by atomic mass is 10.1. The van der Waals surface area contributed by atoms with E-state index in [1.54, 1.807) is 42.8 Å². The molecule has 1 fully saturated rings. The molecule has 1 aliphatic heterocycles. The van der Waals surface area contributed by atoms with Gasteiger partial charge in [0.2, 0.25) is 0 Å². The van der Waals surface area contributed by atoms with Gasteiger partial charge in [-0.05, 0) is 55.7 Å². The van der Waals surface area contributed by atoms with E-state index >= 15 is 0 Å². The Bertz CT molecular complexity index is 1300. The van der Waals surface area contributed by atoms with Crippen LogP contribution in [0.25, 0.3) is 22.4 Å². The predicted molar refractivity (Wildman–Crippen MR) is 125 cm³/mol. The van der Waals surface area contributed by atoms with Gasteiger partial charge in [0.05, 0.1) is 22.9 Å². The molecule has 2 amide bonds. The van der Waals surface area contributed by atoms with Gasteiger partial charge in [-0.3, -0.25) is 20.4 Å². The van der Waals surface area contributed by atoms with E-state index in [1.807, 2.05) is 24.3 Å². The highest BCUT2D eigenvalue weighted by molar-refractivity contribution is 6.08. The molecule has 4 aromatic rings. The molecule has 0 aliphatic carbocycles. The summed E-state index contributed by atoms with van der Waals surface area (Å²) in [5.74, 6) is 0.332. The zero-order chi connectivity index (χ0) is 22.6. The number of furan rings is 1. The average molecular weight is 441 g/mol. The zero-order valence-corrected chi connectivity index (χ0v) is 18.0. The molecule has 2 N–H and O–H groups in total. The topological polar surface area (TPSA) is 100 Å². The number of amides is 2. The number of piperidine rings is 1. The van der Waals surface area contributed by atoms with Crippen molar-refractivity contribution in [2.45, 2.75) is 19.3 Å². The molecule has 33 heavy (non-hydrogen) atoms.